The molecular weight excluding hydrogens is 238 g/mol. The van der Waals surface area contributed by atoms with Gasteiger partial charge in [-0.2, -0.15) is 0 Å². The van der Waals surface area contributed by atoms with E-state index in [1.807, 2.05) is 0 Å². The highest BCUT2D eigenvalue weighted by molar-refractivity contribution is 6.01. The molecule has 0 heterocycles. The minimum atomic E-state index is -0.438. The maximum absolute atomic E-state index is 11.4. The van der Waals surface area contributed by atoms with Crippen molar-refractivity contribution in [2.24, 2.45) is 17.6 Å². The molecule has 2 rings (SSSR count). The molecule has 1 saturated carbocycles. The van der Waals surface area contributed by atoms with E-state index < -0.39 is 5.91 Å². The second-order valence-electron chi connectivity index (χ2n) is 5.64. The van der Waals surface area contributed by atoms with Crippen LogP contribution in [0.2, 0.25) is 0 Å². The summed E-state index contributed by atoms with van der Waals surface area (Å²) < 4.78 is 0. The first-order valence-corrected chi connectivity index (χ1v) is 7.00. The second kappa shape index (κ2) is 5.95. The molecule has 0 aliphatic heterocycles. The van der Waals surface area contributed by atoms with E-state index in [-0.39, 0.29) is 0 Å². The fraction of sp³-hybridized carbons (Fsp3) is 0.533. The number of benzene rings is 1. The number of nitrogens with one attached hydrogen (secondary N) is 1. The summed E-state index contributed by atoms with van der Waals surface area (Å²) in [6, 6.07) is 5.25. The molecule has 0 bridgehead atoms. The Morgan fingerprint density at radius 1 is 1.32 bits per heavy atom. The Kier molecular flexibility index (Phi) is 4.30. The van der Waals surface area contributed by atoms with Crippen LogP contribution in [0.1, 0.15) is 43.0 Å². The Morgan fingerprint density at radius 2 is 2.00 bits per heavy atom. The lowest BCUT2D eigenvalue weighted by molar-refractivity contribution is 0.100. The maximum atomic E-state index is 11.4. The van der Waals surface area contributed by atoms with Crippen LogP contribution in [0.3, 0.4) is 0 Å². The van der Waals surface area contributed by atoms with Gasteiger partial charge in [-0.05, 0) is 36.8 Å². The number of nitrogens with two attached hydrogens (primary N) is 2. The van der Waals surface area contributed by atoms with Crippen LogP contribution in [-0.2, 0) is 0 Å². The van der Waals surface area contributed by atoms with E-state index in [1.54, 1.807) is 18.2 Å². The highest BCUT2D eigenvalue weighted by Crippen LogP contribution is 2.30. The van der Waals surface area contributed by atoms with Gasteiger partial charge < -0.3 is 16.8 Å². The molecule has 1 aromatic rings. The van der Waals surface area contributed by atoms with Gasteiger partial charge in [-0.25, -0.2) is 0 Å². The number of primary amides is 1. The average molecular weight is 261 g/mol. The van der Waals surface area contributed by atoms with Crippen LogP contribution in [0.15, 0.2) is 18.2 Å². The minimum Gasteiger partial charge on any atom is -0.397 e. The van der Waals surface area contributed by atoms with Crippen molar-refractivity contribution in [1.82, 2.24) is 0 Å². The lowest BCUT2D eigenvalue weighted by atomic mass is 9.83. The highest BCUT2D eigenvalue weighted by atomic mass is 16.1. The molecule has 1 fully saturated rings. The number of para-hydroxylation sites is 1. The topological polar surface area (TPSA) is 81.1 Å². The first-order chi connectivity index (χ1) is 9.08. The summed E-state index contributed by atoms with van der Waals surface area (Å²) >= 11 is 0. The third kappa shape index (κ3) is 3.40. The molecule has 1 amide bonds. The Balaban J connectivity index is 2.01. The van der Waals surface area contributed by atoms with Crippen molar-refractivity contribution in [1.29, 1.82) is 0 Å². The fourth-order valence-electron chi connectivity index (χ4n) is 2.75. The zero-order valence-electron chi connectivity index (χ0n) is 11.5. The molecule has 4 heteroatoms. The SMILES string of the molecule is CC1CCC(CNc2c(N)cccc2C(N)=O)CC1. The third-order valence-electron chi connectivity index (χ3n) is 4.07. The third-order valence-corrected chi connectivity index (χ3v) is 4.07. The Morgan fingerprint density at radius 3 is 2.63 bits per heavy atom. The van der Waals surface area contributed by atoms with Crippen LogP contribution in [0.5, 0.6) is 0 Å². The van der Waals surface area contributed by atoms with Crippen molar-refractivity contribution in [2.45, 2.75) is 32.6 Å². The normalized spacial score (nSPS) is 23.0. The molecule has 1 aliphatic rings. The van der Waals surface area contributed by atoms with Crippen molar-refractivity contribution in [3.63, 3.8) is 0 Å². The largest absolute Gasteiger partial charge is 0.397 e. The van der Waals surface area contributed by atoms with Gasteiger partial charge in [0.2, 0.25) is 0 Å². The van der Waals surface area contributed by atoms with Gasteiger partial charge >= 0.3 is 0 Å². The summed E-state index contributed by atoms with van der Waals surface area (Å²) in [7, 11) is 0. The molecule has 19 heavy (non-hydrogen) atoms. The smallest absolute Gasteiger partial charge is 0.250 e. The number of hydrogen-bond acceptors (Lipinski definition) is 3. The van der Waals surface area contributed by atoms with E-state index in [9.17, 15) is 4.79 Å². The molecule has 0 aromatic heterocycles. The molecule has 104 valence electrons. The summed E-state index contributed by atoms with van der Waals surface area (Å²) in [6.45, 7) is 3.17. The Labute approximate surface area is 114 Å². The van der Waals surface area contributed by atoms with Gasteiger partial charge in [0.05, 0.1) is 16.9 Å². The van der Waals surface area contributed by atoms with Crippen LogP contribution in [0.25, 0.3) is 0 Å². The van der Waals surface area contributed by atoms with E-state index in [0.717, 1.165) is 12.5 Å². The van der Waals surface area contributed by atoms with Crippen LogP contribution in [0, 0.1) is 11.8 Å². The number of hydrogen-bond donors (Lipinski definition) is 3. The first kappa shape index (κ1) is 13.7. The van der Waals surface area contributed by atoms with Crippen molar-refractivity contribution in [2.75, 3.05) is 17.6 Å². The van der Waals surface area contributed by atoms with Gasteiger partial charge in [0, 0.05) is 6.54 Å². The summed E-state index contributed by atoms with van der Waals surface area (Å²) in [5.74, 6) is 1.07. The van der Waals surface area contributed by atoms with Gasteiger partial charge in [-0.15, -0.1) is 0 Å². The Bertz CT molecular complexity index is 451. The van der Waals surface area contributed by atoms with E-state index in [1.165, 1.54) is 25.7 Å². The van der Waals surface area contributed by atoms with E-state index >= 15 is 0 Å². The molecule has 0 radical (unpaired) electrons. The standard InChI is InChI=1S/C15H23N3O/c1-10-5-7-11(8-6-10)9-18-14-12(15(17)19)3-2-4-13(14)16/h2-4,10-11,18H,5-9,16H2,1H3,(H2,17,19). The summed E-state index contributed by atoms with van der Waals surface area (Å²) in [5.41, 5.74) is 13.1. The average Bonchev–Trinajstić information content (AvgIpc) is 2.39. The van der Waals surface area contributed by atoms with Gasteiger partial charge in [0.15, 0.2) is 0 Å². The molecule has 1 aliphatic carbocycles. The quantitative estimate of drug-likeness (QED) is 0.729. The number of amides is 1. The Hall–Kier alpha value is -1.71. The number of nitrogen functional groups attached to an aromatic ring is 1. The van der Waals surface area contributed by atoms with Gasteiger partial charge in [-0.3, -0.25) is 4.79 Å². The minimum absolute atomic E-state index is 0.438. The van der Waals surface area contributed by atoms with Crippen molar-refractivity contribution < 1.29 is 4.79 Å². The number of anilines is 2. The predicted octanol–water partition coefficient (Wildman–Crippen LogP) is 2.61. The van der Waals surface area contributed by atoms with E-state index in [0.29, 0.717) is 22.9 Å². The van der Waals surface area contributed by atoms with Crippen LogP contribution in [-0.4, -0.2) is 12.5 Å². The van der Waals surface area contributed by atoms with Crippen molar-refractivity contribution >= 4 is 17.3 Å². The number of carbonyl (C=O) groups is 1. The van der Waals surface area contributed by atoms with E-state index in [4.69, 9.17) is 11.5 Å². The summed E-state index contributed by atoms with van der Waals surface area (Å²) in [5, 5.41) is 3.32. The van der Waals surface area contributed by atoms with Crippen molar-refractivity contribution in [3.8, 4) is 0 Å². The van der Waals surface area contributed by atoms with Gasteiger partial charge in [0.1, 0.15) is 0 Å². The molecule has 0 atom stereocenters. The fourth-order valence-corrected chi connectivity index (χ4v) is 2.75. The van der Waals surface area contributed by atoms with Gasteiger partial charge in [-0.1, -0.05) is 25.8 Å². The first-order valence-electron chi connectivity index (χ1n) is 7.00. The summed E-state index contributed by atoms with van der Waals surface area (Å²) in [6.07, 6.45) is 5.07. The molecule has 0 saturated heterocycles. The predicted molar refractivity (Wildman–Crippen MR) is 79.0 cm³/mol. The summed E-state index contributed by atoms with van der Waals surface area (Å²) in [4.78, 5) is 11.4. The molecule has 0 unspecified atom stereocenters. The zero-order chi connectivity index (χ0) is 13.8. The van der Waals surface area contributed by atoms with E-state index in [2.05, 4.69) is 12.2 Å². The van der Waals surface area contributed by atoms with Gasteiger partial charge in [0.25, 0.3) is 5.91 Å². The highest BCUT2D eigenvalue weighted by Gasteiger charge is 2.19. The molecule has 1 aromatic carbocycles. The van der Waals surface area contributed by atoms with Crippen molar-refractivity contribution in [3.05, 3.63) is 23.8 Å². The lowest BCUT2D eigenvalue weighted by Gasteiger charge is -2.27. The zero-order valence-corrected chi connectivity index (χ0v) is 11.5. The van der Waals surface area contributed by atoms with Crippen LogP contribution < -0.4 is 16.8 Å². The monoisotopic (exact) mass is 261 g/mol. The maximum Gasteiger partial charge on any atom is 0.250 e. The van der Waals surface area contributed by atoms with Crippen LogP contribution in [0.4, 0.5) is 11.4 Å². The second-order valence-corrected chi connectivity index (χ2v) is 5.64. The molecule has 0 spiro atoms. The number of carbonyl (C=O) groups excluding carboxylic acids is 1. The molecular formula is C15H23N3O. The molecule has 5 N–H and O–H groups in total. The number of rotatable bonds is 4. The lowest BCUT2D eigenvalue weighted by Crippen LogP contribution is -2.22. The van der Waals surface area contributed by atoms with Crippen LogP contribution >= 0.6 is 0 Å². The molecule has 4 nitrogen and oxygen atoms in total.